The van der Waals surface area contributed by atoms with Crippen LogP contribution in [0.4, 0.5) is 0 Å². The van der Waals surface area contributed by atoms with Gasteiger partial charge in [-0.25, -0.2) is 0 Å². The molecule has 20 heavy (non-hydrogen) atoms. The van der Waals surface area contributed by atoms with Crippen molar-refractivity contribution in [3.63, 3.8) is 0 Å². The molecule has 1 atom stereocenters. The second kappa shape index (κ2) is 8.02. The number of hydrogen-bond donors (Lipinski definition) is 2. The molecule has 0 heterocycles. The van der Waals surface area contributed by atoms with Gasteiger partial charge in [0.1, 0.15) is 6.04 Å². The van der Waals surface area contributed by atoms with E-state index >= 15 is 0 Å². The summed E-state index contributed by atoms with van der Waals surface area (Å²) in [7, 11) is 3.94. The van der Waals surface area contributed by atoms with Gasteiger partial charge >= 0.3 is 5.97 Å². The highest BCUT2D eigenvalue weighted by atomic mass is 16.4. The maximum Gasteiger partial charge on any atom is 0.325 e. The van der Waals surface area contributed by atoms with Crippen LogP contribution in [0.3, 0.4) is 0 Å². The topological polar surface area (TPSA) is 52.6 Å². The Hall–Kier alpha value is -1.39. The maximum atomic E-state index is 11.4. The van der Waals surface area contributed by atoms with Gasteiger partial charge in [0, 0.05) is 13.1 Å². The molecular weight excluding hydrogens is 252 g/mol. The molecule has 0 amide bonds. The lowest BCUT2D eigenvalue weighted by Crippen LogP contribution is -2.33. The highest BCUT2D eigenvalue weighted by Gasteiger charge is 2.18. The van der Waals surface area contributed by atoms with Gasteiger partial charge in [0.05, 0.1) is 0 Å². The van der Waals surface area contributed by atoms with E-state index in [1.807, 2.05) is 43.3 Å². The zero-order valence-corrected chi connectivity index (χ0v) is 12.9. The number of carboxylic acid groups (broad SMARTS) is 1. The Morgan fingerprint density at radius 1 is 1.25 bits per heavy atom. The number of carbonyl (C=O) groups is 1. The molecule has 0 saturated carbocycles. The van der Waals surface area contributed by atoms with Crippen LogP contribution in [0, 0.1) is 5.92 Å². The van der Waals surface area contributed by atoms with Crippen LogP contribution in [0.5, 0.6) is 0 Å². The summed E-state index contributed by atoms with van der Waals surface area (Å²) < 4.78 is 0. The van der Waals surface area contributed by atoms with E-state index in [2.05, 4.69) is 19.2 Å². The molecule has 0 aromatic heterocycles. The Morgan fingerprint density at radius 3 is 2.30 bits per heavy atom. The average molecular weight is 278 g/mol. The number of hydrogen-bond acceptors (Lipinski definition) is 3. The average Bonchev–Trinajstić information content (AvgIpc) is 2.34. The number of likely N-dealkylation sites (N-methyl/N-ethyl adjacent to an activating group) is 1. The smallest absolute Gasteiger partial charge is 0.325 e. The molecule has 112 valence electrons. The lowest BCUT2D eigenvalue weighted by atomic mass is 9.99. The molecule has 0 aliphatic heterocycles. The summed E-state index contributed by atoms with van der Waals surface area (Å²) in [6, 6.07) is 7.25. The molecule has 0 aliphatic carbocycles. The minimum Gasteiger partial charge on any atom is -0.480 e. The molecule has 1 aromatic carbocycles. The van der Waals surface area contributed by atoms with Crippen molar-refractivity contribution in [1.29, 1.82) is 0 Å². The van der Waals surface area contributed by atoms with Crippen LogP contribution in [0.1, 0.15) is 31.0 Å². The van der Waals surface area contributed by atoms with Gasteiger partial charge < -0.3 is 10.0 Å². The molecule has 0 radical (unpaired) electrons. The molecule has 2 N–H and O–H groups in total. The number of aliphatic carboxylic acids is 1. The molecule has 1 unspecified atom stereocenters. The summed E-state index contributed by atoms with van der Waals surface area (Å²) in [5.74, 6) is -0.227. The second-order valence-corrected chi connectivity index (χ2v) is 5.87. The third kappa shape index (κ3) is 5.72. The van der Waals surface area contributed by atoms with Gasteiger partial charge in [0.25, 0.3) is 0 Å². The summed E-state index contributed by atoms with van der Waals surface area (Å²) in [5.41, 5.74) is 2.06. The lowest BCUT2D eigenvalue weighted by Gasteiger charge is -2.17. The fraction of sp³-hybridized carbons (Fsp3) is 0.562. The Morgan fingerprint density at radius 2 is 1.85 bits per heavy atom. The largest absolute Gasteiger partial charge is 0.480 e. The fourth-order valence-corrected chi connectivity index (χ4v) is 2.10. The lowest BCUT2D eigenvalue weighted by molar-refractivity contribution is -0.139. The van der Waals surface area contributed by atoms with Crippen LogP contribution in [0.2, 0.25) is 0 Å². The highest BCUT2D eigenvalue weighted by Crippen LogP contribution is 2.16. The summed E-state index contributed by atoms with van der Waals surface area (Å²) in [5, 5.41) is 12.4. The van der Waals surface area contributed by atoms with Crippen LogP contribution in [-0.2, 0) is 11.2 Å². The van der Waals surface area contributed by atoms with Crippen molar-refractivity contribution in [3.05, 3.63) is 35.4 Å². The summed E-state index contributed by atoms with van der Waals surface area (Å²) in [4.78, 5) is 13.4. The monoisotopic (exact) mass is 278 g/mol. The van der Waals surface area contributed by atoms with E-state index in [1.165, 1.54) is 5.56 Å². The molecule has 0 saturated heterocycles. The summed E-state index contributed by atoms with van der Waals surface area (Å²) in [6.45, 7) is 5.82. The van der Waals surface area contributed by atoms with Crippen molar-refractivity contribution in [2.45, 2.75) is 26.3 Å². The maximum absolute atomic E-state index is 11.4. The van der Waals surface area contributed by atoms with Crippen molar-refractivity contribution in [3.8, 4) is 0 Å². The van der Waals surface area contributed by atoms with E-state index in [1.54, 1.807) is 0 Å². The van der Waals surface area contributed by atoms with E-state index in [0.29, 0.717) is 12.5 Å². The zero-order chi connectivity index (χ0) is 15.1. The first kappa shape index (κ1) is 16.7. The first-order chi connectivity index (χ1) is 9.40. The molecule has 0 fully saturated rings. The first-order valence-electron chi connectivity index (χ1n) is 7.10. The normalized spacial score (nSPS) is 12.9. The molecule has 4 nitrogen and oxygen atoms in total. The molecule has 1 rings (SSSR count). The Bertz CT molecular complexity index is 413. The van der Waals surface area contributed by atoms with Crippen molar-refractivity contribution in [2.24, 2.45) is 5.92 Å². The van der Waals surface area contributed by atoms with E-state index in [-0.39, 0.29) is 0 Å². The molecular formula is C16H26N2O2. The van der Waals surface area contributed by atoms with Gasteiger partial charge in [-0.05, 0) is 37.6 Å². The quantitative estimate of drug-likeness (QED) is 0.765. The van der Waals surface area contributed by atoms with Gasteiger partial charge in [-0.15, -0.1) is 0 Å². The number of nitrogens with zero attached hydrogens (tertiary/aromatic N) is 1. The van der Waals surface area contributed by atoms with Gasteiger partial charge in [0.2, 0.25) is 0 Å². The molecule has 4 heteroatoms. The molecule has 0 bridgehead atoms. The van der Waals surface area contributed by atoms with Crippen LogP contribution in [0.15, 0.2) is 24.3 Å². The summed E-state index contributed by atoms with van der Waals surface area (Å²) in [6.07, 6.45) is 1.02. The van der Waals surface area contributed by atoms with Gasteiger partial charge in [-0.2, -0.15) is 0 Å². The molecule has 0 spiro atoms. The van der Waals surface area contributed by atoms with Crippen molar-refractivity contribution in [2.75, 3.05) is 27.2 Å². The predicted molar refractivity (Wildman–Crippen MR) is 81.9 cm³/mol. The van der Waals surface area contributed by atoms with Crippen LogP contribution < -0.4 is 5.32 Å². The number of carboxylic acids is 1. The van der Waals surface area contributed by atoms with E-state index in [9.17, 15) is 9.90 Å². The third-order valence-electron chi connectivity index (χ3n) is 3.11. The predicted octanol–water partition coefficient (Wildman–Crippen LogP) is 2.16. The van der Waals surface area contributed by atoms with Crippen LogP contribution in [-0.4, -0.2) is 43.2 Å². The van der Waals surface area contributed by atoms with Crippen LogP contribution in [0.25, 0.3) is 0 Å². The Balaban J connectivity index is 2.69. The van der Waals surface area contributed by atoms with Gasteiger partial charge in [-0.1, -0.05) is 38.1 Å². The minimum atomic E-state index is -0.833. The van der Waals surface area contributed by atoms with E-state index < -0.39 is 12.0 Å². The van der Waals surface area contributed by atoms with E-state index in [4.69, 9.17) is 0 Å². The fourth-order valence-electron chi connectivity index (χ4n) is 2.10. The van der Waals surface area contributed by atoms with Crippen molar-refractivity contribution >= 4 is 5.97 Å². The minimum absolute atomic E-state index is 0.606. The van der Waals surface area contributed by atoms with Crippen LogP contribution >= 0.6 is 0 Å². The third-order valence-corrected chi connectivity index (χ3v) is 3.11. The SMILES string of the molecule is CC(C)Cc1ccc(C(NCCN(C)C)C(=O)O)cc1. The highest BCUT2D eigenvalue weighted by molar-refractivity contribution is 5.75. The Labute approximate surface area is 121 Å². The molecule has 0 aliphatic rings. The number of benzene rings is 1. The zero-order valence-electron chi connectivity index (χ0n) is 12.9. The number of rotatable bonds is 8. The standard InChI is InChI=1S/C16H26N2O2/c1-12(2)11-13-5-7-14(8-6-13)15(16(19)20)17-9-10-18(3)4/h5-8,12,15,17H,9-11H2,1-4H3,(H,19,20). The molecule has 1 aromatic rings. The Kier molecular flexibility index (Phi) is 6.68. The van der Waals surface area contributed by atoms with Gasteiger partial charge in [-0.3, -0.25) is 10.1 Å². The van der Waals surface area contributed by atoms with E-state index in [0.717, 1.165) is 18.5 Å². The second-order valence-electron chi connectivity index (χ2n) is 5.87. The van der Waals surface area contributed by atoms with Crippen molar-refractivity contribution < 1.29 is 9.90 Å². The first-order valence-corrected chi connectivity index (χ1v) is 7.10. The summed E-state index contributed by atoms with van der Waals surface area (Å²) >= 11 is 0. The number of nitrogens with one attached hydrogen (secondary N) is 1. The van der Waals surface area contributed by atoms with Gasteiger partial charge in [0.15, 0.2) is 0 Å². The van der Waals surface area contributed by atoms with Crippen molar-refractivity contribution in [1.82, 2.24) is 10.2 Å².